The SMILES string of the molecule is CC=Cc1ccc(C=CC2CCC(c3ccc(OCC)cc3F)CC2)c(F)c1F. The fraction of sp³-hybridized carbons (Fsp3) is 0.360. The predicted molar refractivity (Wildman–Crippen MR) is 112 cm³/mol. The van der Waals surface area contributed by atoms with Crippen molar-refractivity contribution in [3.63, 3.8) is 0 Å². The van der Waals surface area contributed by atoms with Crippen LogP contribution in [0.1, 0.15) is 62.1 Å². The number of hydrogen-bond donors (Lipinski definition) is 0. The highest BCUT2D eigenvalue weighted by atomic mass is 19.2. The minimum absolute atomic E-state index is 0.185. The molecule has 154 valence electrons. The first kappa shape index (κ1) is 21.2. The maximum Gasteiger partial charge on any atom is 0.166 e. The summed E-state index contributed by atoms with van der Waals surface area (Å²) in [4.78, 5) is 0. The molecular weight excluding hydrogens is 373 g/mol. The molecule has 0 unspecified atom stereocenters. The lowest BCUT2D eigenvalue weighted by Gasteiger charge is -2.27. The van der Waals surface area contributed by atoms with Crippen molar-refractivity contribution in [1.82, 2.24) is 0 Å². The van der Waals surface area contributed by atoms with Gasteiger partial charge in [-0.3, -0.25) is 0 Å². The van der Waals surface area contributed by atoms with Crippen LogP contribution in [0.15, 0.2) is 42.5 Å². The maximum absolute atomic E-state index is 14.4. The second-order valence-corrected chi connectivity index (χ2v) is 7.46. The predicted octanol–water partition coefficient (Wildman–Crippen LogP) is 7.52. The molecule has 2 aromatic carbocycles. The van der Waals surface area contributed by atoms with Gasteiger partial charge in [0.15, 0.2) is 11.6 Å². The zero-order chi connectivity index (χ0) is 20.8. The molecule has 1 nitrogen and oxygen atoms in total. The number of benzene rings is 2. The van der Waals surface area contributed by atoms with Crippen LogP contribution in [0.5, 0.6) is 5.75 Å². The van der Waals surface area contributed by atoms with E-state index in [0.717, 1.165) is 31.2 Å². The van der Waals surface area contributed by atoms with Gasteiger partial charge in [0, 0.05) is 17.2 Å². The summed E-state index contributed by atoms with van der Waals surface area (Å²) in [5.74, 6) is -0.824. The molecule has 0 amide bonds. The molecule has 0 aliphatic heterocycles. The molecule has 2 aromatic rings. The molecule has 0 heterocycles. The number of ether oxygens (including phenoxy) is 1. The Hall–Kier alpha value is -2.49. The van der Waals surface area contributed by atoms with E-state index in [1.807, 2.05) is 25.1 Å². The molecule has 1 fully saturated rings. The molecule has 0 radical (unpaired) electrons. The zero-order valence-electron chi connectivity index (χ0n) is 16.9. The Morgan fingerprint density at radius 2 is 1.59 bits per heavy atom. The fourth-order valence-electron chi connectivity index (χ4n) is 3.97. The van der Waals surface area contributed by atoms with Crippen LogP contribution in [-0.2, 0) is 0 Å². The maximum atomic E-state index is 14.4. The van der Waals surface area contributed by atoms with Crippen molar-refractivity contribution < 1.29 is 17.9 Å². The first-order valence-corrected chi connectivity index (χ1v) is 10.2. The second-order valence-electron chi connectivity index (χ2n) is 7.46. The summed E-state index contributed by atoms with van der Waals surface area (Å²) in [6.07, 6.45) is 10.4. The van der Waals surface area contributed by atoms with E-state index < -0.39 is 11.6 Å². The Balaban J connectivity index is 1.62. The molecule has 0 atom stereocenters. The van der Waals surface area contributed by atoms with Gasteiger partial charge in [-0.2, -0.15) is 0 Å². The molecule has 1 aliphatic rings. The minimum atomic E-state index is -0.820. The molecule has 0 aromatic heterocycles. The van der Waals surface area contributed by atoms with Gasteiger partial charge >= 0.3 is 0 Å². The van der Waals surface area contributed by atoms with Crippen LogP contribution in [0.3, 0.4) is 0 Å². The minimum Gasteiger partial charge on any atom is -0.494 e. The highest BCUT2D eigenvalue weighted by molar-refractivity contribution is 5.57. The van der Waals surface area contributed by atoms with Crippen molar-refractivity contribution in [2.75, 3.05) is 6.61 Å². The Bertz CT molecular complexity index is 893. The van der Waals surface area contributed by atoms with E-state index in [-0.39, 0.29) is 28.8 Å². The van der Waals surface area contributed by atoms with Crippen LogP contribution in [0.25, 0.3) is 12.2 Å². The third-order valence-corrected chi connectivity index (χ3v) is 5.53. The Morgan fingerprint density at radius 3 is 2.17 bits per heavy atom. The van der Waals surface area contributed by atoms with Gasteiger partial charge < -0.3 is 4.74 Å². The first-order valence-electron chi connectivity index (χ1n) is 10.2. The quantitative estimate of drug-likeness (QED) is 0.487. The van der Waals surface area contributed by atoms with Gasteiger partial charge in [-0.1, -0.05) is 42.5 Å². The van der Waals surface area contributed by atoms with Crippen molar-refractivity contribution in [3.8, 4) is 5.75 Å². The lowest BCUT2D eigenvalue weighted by atomic mass is 9.78. The number of hydrogen-bond acceptors (Lipinski definition) is 1. The van der Waals surface area contributed by atoms with E-state index in [4.69, 9.17) is 4.74 Å². The summed E-state index contributed by atoms with van der Waals surface area (Å²) < 4.78 is 48.1. The molecule has 4 heteroatoms. The van der Waals surface area contributed by atoms with Gasteiger partial charge in [-0.15, -0.1) is 0 Å². The standard InChI is InChI=1S/C25H27F3O/c1-3-5-19-12-13-20(25(28)24(19)27)11-8-17-6-9-18(10-7-17)22-15-14-21(29-4-2)16-23(22)26/h3,5,8,11-18H,4,6-7,9-10H2,1-2H3. The van der Waals surface area contributed by atoms with Crippen LogP contribution in [0.4, 0.5) is 13.2 Å². The van der Waals surface area contributed by atoms with Gasteiger partial charge in [0.2, 0.25) is 0 Å². The van der Waals surface area contributed by atoms with E-state index in [1.165, 1.54) is 6.07 Å². The molecule has 1 saturated carbocycles. The summed E-state index contributed by atoms with van der Waals surface area (Å²) >= 11 is 0. The third-order valence-electron chi connectivity index (χ3n) is 5.53. The number of rotatable bonds is 6. The summed E-state index contributed by atoms with van der Waals surface area (Å²) in [5.41, 5.74) is 1.25. The van der Waals surface area contributed by atoms with Crippen LogP contribution >= 0.6 is 0 Å². The van der Waals surface area contributed by atoms with Crippen LogP contribution < -0.4 is 4.74 Å². The van der Waals surface area contributed by atoms with Crippen molar-refractivity contribution in [2.24, 2.45) is 5.92 Å². The first-order chi connectivity index (χ1) is 14.0. The molecule has 0 spiro atoms. The van der Waals surface area contributed by atoms with Gasteiger partial charge in [0.1, 0.15) is 11.6 Å². The second kappa shape index (κ2) is 9.82. The van der Waals surface area contributed by atoms with Gasteiger partial charge in [-0.25, -0.2) is 13.2 Å². The van der Waals surface area contributed by atoms with Crippen molar-refractivity contribution in [3.05, 3.63) is 76.6 Å². The lowest BCUT2D eigenvalue weighted by molar-refractivity contribution is 0.336. The molecular formula is C25H27F3O. The van der Waals surface area contributed by atoms with Gasteiger partial charge in [0.05, 0.1) is 6.61 Å². The topological polar surface area (TPSA) is 9.23 Å². The zero-order valence-corrected chi connectivity index (χ0v) is 16.9. The smallest absolute Gasteiger partial charge is 0.166 e. The Kier molecular flexibility index (Phi) is 7.18. The largest absolute Gasteiger partial charge is 0.494 e. The molecule has 3 rings (SSSR count). The van der Waals surface area contributed by atoms with Crippen molar-refractivity contribution >= 4 is 12.2 Å². The van der Waals surface area contributed by atoms with Crippen molar-refractivity contribution in [2.45, 2.75) is 45.4 Å². The lowest BCUT2D eigenvalue weighted by Crippen LogP contribution is -2.13. The Morgan fingerprint density at radius 1 is 0.931 bits per heavy atom. The van der Waals surface area contributed by atoms with Gasteiger partial charge in [0.25, 0.3) is 0 Å². The normalized spacial score (nSPS) is 19.9. The summed E-state index contributed by atoms with van der Waals surface area (Å²) in [7, 11) is 0. The average molecular weight is 400 g/mol. The number of halogens is 3. The van der Waals surface area contributed by atoms with Crippen LogP contribution in [0, 0.1) is 23.4 Å². The highest BCUT2D eigenvalue weighted by Crippen LogP contribution is 2.38. The monoisotopic (exact) mass is 400 g/mol. The molecule has 0 bridgehead atoms. The molecule has 1 aliphatic carbocycles. The summed E-state index contributed by atoms with van der Waals surface area (Å²) in [6.45, 7) is 4.15. The van der Waals surface area contributed by atoms with Crippen molar-refractivity contribution in [1.29, 1.82) is 0 Å². The van der Waals surface area contributed by atoms with E-state index in [2.05, 4.69) is 0 Å². The van der Waals surface area contributed by atoms with E-state index >= 15 is 0 Å². The summed E-state index contributed by atoms with van der Waals surface area (Å²) in [6, 6.07) is 8.29. The van der Waals surface area contributed by atoms with E-state index in [0.29, 0.717) is 12.4 Å². The van der Waals surface area contributed by atoms with E-state index in [1.54, 1.807) is 37.3 Å². The third kappa shape index (κ3) is 5.11. The number of allylic oxidation sites excluding steroid dienone is 2. The van der Waals surface area contributed by atoms with Crippen LogP contribution in [-0.4, -0.2) is 6.61 Å². The summed E-state index contributed by atoms with van der Waals surface area (Å²) in [5, 5.41) is 0. The fourth-order valence-corrected chi connectivity index (χ4v) is 3.97. The molecule has 0 saturated heterocycles. The molecule has 0 N–H and O–H groups in total. The van der Waals surface area contributed by atoms with Gasteiger partial charge in [-0.05, 0) is 63.0 Å². The molecule has 29 heavy (non-hydrogen) atoms. The van der Waals surface area contributed by atoms with E-state index in [9.17, 15) is 13.2 Å². The Labute approximate surface area is 170 Å². The average Bonchev–Trinajstić information content (AvgIpc) is 2.72. The van der Waals surface area contributed by atoms with Crippen LogP contribution in [0.2, 0.25) is 0 Å². The highest BCUT2D eigenvalue weighted by Gasteiger charge is 2.23.